The highest BCUT2D eigenvalue weighted by molar-refractivity contribution is 4.80. The molecular formula is C11H23NO2. The lowest BCUT2D eigenvalue weighted by Crippen LogP contribution is -2.42. The predicted molar refractivity (Wildman–Crippen MR) is 57.4 cm³/mol. The number of ether oxygens (including phenoxy) is 1. The monoisotopic (exact) mass is 201 g/mol. The zero-order valence-electron chi connectivity index (χ0n) is 9.55. The minimum atomic E-state index is -0.599. The molecule has 14 heavy (non-hydrogen) atoms. The van der Waals surface area contributed by atoms with Gasteiger partial charge in [0.1, 0.15) is 0 Å². The molecule has 0 atom stereocenters. The first-order valence-electron chi connectivity index (χ1n) is 5.50. The van der Waals surface area contributed by atoms with Gasteiger partial charge in [0.05, 0.1) is 11.7 Å². The highest BCUT2D eigenvalue weighted by Gasteiger charge is 2.22. The molecule has 1 rings (SSSR count). The van der Waals surface area contributed by atoms with E-state index in [4.69, 9.17) is 4.74 Å². The number of hydrogen-bond donors (Lipinski definition) is 2. The summed E-state index contributed by atoms with van der Waals surface area (Å²) in [6.07, 6.45) is 5.05. The maximum Gasteiger partial charge on any atom is 0.0715 e. The number of aliphatic hydroxyl groups is 1. The Kier molecular flexibility index (Phi) is 4.35. The quantitative estimate of drug-likeness (QED) is 0.720. The van der Waals surface area contributed by atoms with Crippen molar-refractivity contribution in [3.05, 3.63) is 0 Å². The fourth-order valence-corrected chi connectivity index (χ4v) is 1.90. The van der Waals surface area contributed by atoms with Crippen LogP contribution in [0.25, 0.3) is 0 Å². The molecule has 0 aliphatic heterocycles. The van der Waals surface area contributed by atoms with Gasteiger partial charge in [0, 0.05) is 19.7 Å². The van der Waals surface area contributed by atoms with Gasteiger partial charge in [-0.1, -0.05) is 0 Å². The van der Waals surface area contributed by atoms with Crippen molar-refractivity contribution in [1.29, 1.82) is 0 Å². The zero-order valence-corrected chi connectivity index (χ0v) is 9.55. The van der Waals surface area contributed by atoms with E-state index in [9.17, 15) is 5.11 Å². The van der Waals surface area contributed by atoms with Crippen molar-refractivity contribution in [3.8, 4) is 0 Å². The molecular weight excluding hydrogens is 178 g/mol. The molecule has 0 spiro atoms. The van der Waals surface area contributed by atoms with Crippen LogP contribution in [0.15, 0.2) is 0 Å². The van der Waals surface area contributed by atoms with E-state index in [1.165, 1.54) is 0 Å². The highest BCUT2D eigenvalue weighted by atomic mass is 16.5. The second-order valence-corrected chi connectivity index (χ2v) is 4.90. The molecule has 84 valence electrons. The zero-order chi connectivity index (χ0) is 10.6. The topological polar surface area (TPSA) is 41.5 Å². The van der Waals surface area contributed by atoms with Crippen LogP contribution in [0.1, 0.15) is 39.5 Å². The van der Waals surface area contributed by atoms with Crippen molar-refractivity contribution < 1.29 is 9.84 Å². The smallest absolute Gasteiger partial charge is 0.0715 e. The van der Waals surface area contributed by atoms with Gasteiger partial charge in [-0.15, -0.1) is 0 Å². The fraction of sp³-hybridized carbons (Fsp3) is 1.00. The van der Waals surface area contributed by atoms with E-state index in [2.05, 4.69) is 5.32 Å². The molecule has 0 aromatic heterocycles. The Morgan fingerprint density at radius 3 is 2.29 bits per heavy atom. The van der Waals surface area contributed by atoms with Crippen molar-refractivity contribution in [2.75, 3.05) is 13.7 Å². The Morgan fingerprint density at radius 2 is 1.86 bits per heavy atom. The summed E-state index contributed by atoms with van der Waals surface area (Å²) >= 11 is 0. The maximum absolute atomic E-state index is 9.56. The van der Waals surface area contributed by atoms with Crippen molar-refractivity contribution in [3.63, 3.8) is 0 Å². The molecule has 0 radical (unpaired) electrons. The molecule has 1 saturated carbocycles. The van der Waals surface area contributed by atoms with Crippen LogP contribution < -0.4 is 5.32 Å². The van der Waals surface area contributed by atoms with Crippen molar-refractivity contribution in [1.82, 2.24) is 5.32 Å². The second kappa shape index (κ2) is 5.10. The van der Waals surface area contributed by atoms with E-state index in [0.717, 1.165) is 25.7 Å². The van der Waals surface area contributed by atoms with Gasteiger partial charge in [-0.05, 0) is 39.5 Å². The summed E-state index contributed by atoms with van der Waals surface area (Å²) in [4.78, 5) is 0. The molecule has 0 aromatic carbocycles. The van der Waals surface area contributed by atoms with E-state index in [1.807, 2.05) is 13.8 Å². The standard InChI is InChI=1S/C11H23NO2/c1-11(2,13)8-12-9-4-6-10(14-3)7-5-9/h9-10,12-13H,4-8H2,1-3H3. The Balaban J connectivity index is 2.16. The second-order valence-electron chi connectivity index (χ2n) is 4.90. The van der Waals surface area contributed by atoms with Crippen molar-refractivity contribution >= 4 is 0 Å². The summed E-state index contributed by atoms with van der Waals surface area (Å²) < 4.78 is 5.31. The summed E-state index contributed by atoms with van der Waals surface area (Å²) in [5, 5.41) is 13.0. The van der Waals surface area contributed by atoms with Crippen LogP contribution >= 0.6 is 0 Å². The molecule has 0 unspecified atom stereocenters. The van der Waals surface area contributed by atoms with Gasteiger partial charge in [-0.25, -0.2) is 0 Å². The molecule has 3 heteroatoms. The fourth-order valence-electron chi connectivity index (χ4n) is 1.90. The third kappa shape index (κ3) is 4.40. The predicted octanol–water partition coefficient (Wildman–Crippen LogP) is 1.30. The van der Waals surface area contributed by atoms with Gasteiger partial charge in [0.15, 0.2) is 0 Å². The highest BCUT2D eigenvalue weighted by Crippen LogP contribution is 2.20. The summed E-state index contributed by atoms with van der Waals surface area (Å²) in [6.45, 7) is 4.34. The van der Waals surface area contributed by atoms with Crippen LogP contribution in [0.2, 0.25) is 0 Å². The van der Waals surface area contributed by atoms with E-state index < -0.39 is 5.60 Å². The van der Waals surface area contributed by atoms with Gasteiger partial charge in [-0.3, -0.25) is 0 Å². The third-order valence-electron chi connectivity index (χ3n) is 2.83. The van der Waals surface area contributed by atoms with Crippen LogP contribution in [-0.4, -0.2) is 36.5 Å². The lowest BCUT2D eigenvalue weighted by atomic mass is 9.92. The van der Waals surface area contributed by atoms with Gasteiger partial charge in [0.2, 0.25) is 0 Å². The minimum Gasteiger partial charge on any atom is -0.389 e. The van der Waals surface area contributed by atoms with E-state index >= 15 is 0 Å². The van der Waals surface area contributed by atoms with Crippen LogP contribution in [0, 0.1) is 0 Å². The van der Waals surface area contributed by atoms with Gasteiger partial charge in [-0.2, -0.15) is 0 Å². The lowest BCUT2D eigenvalue weighted by molar-refractivity contribution is 0.0506. The molecule has 0 saturated heterocycles. The molecule has 3 nitrogen and oxygen atoms in total. The number of hydrogen-bond acceptors (Lipinski definition) is 3. The van der Waals surface area contributed by atoms with Gasteiger partial charge < -0.3 is 15.2 Å². The SMILES string of the molecule is COC1CCC(NCC(C)(C)O)CC1. The number of methoxy groups -OCH3 is 1. The van der Waals surface area contributed by atoms with Crippen LogP contribution in [0.3, 0.4) is 0 Å². The van der Waals surface area contributed by atoms with Crippen LogP contribution in [-0.2, 0) is 4.74 Å². The Bertz CT molecular complexity index is 157. The summed E-state index contributed by atoms with van der Waals surface area (Å²) in [5.41, 5.74) is -0.599. The minimum absolute atomic E-state index is 0.454. The first-order chi connectivity index (χ1) is 6.51. The van der Waals surface area contributed by atoms with Crippen molar-refractivity contribution in [2.45, 2.75) is 57.3 Å². The average Bonchev–Trinajstić information content (AvgIpc) is 2.14. The molecule has 1 aliphatic carbocycles. The maximum atomic E-state index is 9.56. The van der Waals surface area contributed by atoms with E-state index in [0.29, 0.717) is 18.7 Å². The lowest BCUT2D eigenvalue weighted by Gasteiger charge is -2.30. The molecule has 1 aliphatic rings. The Labute approximate surface area is 86.8 Å². The molecule has 0 amide bonds. The molecule has 2 N–H and O–H groups in total. The third-order valence-corrected chi connectivity index (χ3v) is 2.83. The number of nitrogens with one attached hydrogen (secondary N) is 1. The largest absolute Gasteiger partial charge is 0.389 e. The first-order valence-corrected chi connectivity index (χ1v) is 5.50. The molecule has 0 aromatic rings. The molecule has 0 heterocycles. The van der Waals surface area contributed by atoms with E-state index in [1.54, 1.807) is 7.11 Å². The van der Waals surface area contributed by atoms with Crippen LogP contribution in [0.4, 0.5) is 0 Å². The number of rotatable bonds is 4. The van der Waals surface area contributed by atoms with E-state index in [-0.39, 0.29) is 0 Å². The normalized spacial score (nSPS) is 29.1. The molecule has 1 fully saturated rings. The average molecular weight is 201 g/mol. The Hall–Kier alpha value is -0.120. The Morgan fingerprint density at radius 1 is 1.29 bits per heavy atom. The first kappa shape index (κ1) is 12.0. The summed E-state index contributed by atoms with van der Waals surface area (Å²) in [5.74, 6) is 0. The van der Waals surface area contributed by atoms with Gasteiger partial charge in [0.25, 0.3) is 0 Å². The molecule has 0 bridgehead atoms. The summed E-state index contributed by atoms with van der Waals surface area (Å²) in [7, 11) is 1.79. The summed E-state index contributed by atoms with van der Waals surface area (Å²) in [6, 6.07) is 0.563. The van der Waals surface area contributed by atoms with Crippen molar-refractivity contribution in [2.24, 2.45) is 0 Å². The van der Waals surface area contributed by atoms with Gasteiger partial charge >= 0.3 is 0 Å². The van der Waals surface area contributed by atoms with Crippen LogP contribution in [0.5, 0.6) is 0 Å².